The van der Waals surface area contributed by atoms with Crippen LogP contribution in [0.15, 0.2) is 0 Å². The Kier molecular flexibility index (Phi) is 8.98. The van der Waals surface area contributed by atoms with E-state index in [-0.39, 0.29) is 5.75 Å². The molecule has 0 saturated heterocycles. The van der Waals surface area contributed by atoms with Gasteiger partial charge < -0.3 is 10.1 Å². The van der Waals surface area contributed by atoms with E-state index in [4.69, 9.17) is 9.29 Å². The second-order valence-electron chi connectivity index (χ2n) is 3.36. The van der Waals surface area contributed by atoms with Crippen LogP contribution >= 0.6 is 0 Å². The fourth-order valence-electron chi connectivity index (χ4n) is 1.05. The third-order valence-corrected chi connectivity index (χ3v) is 2.55. The third kappa shape index (κ3) is 13.8. The minimum Gasteiger partial charge on any atom is -0.381 e. The molecule has 2 N–H and O–H groups in total. The summed E-state index contributed by atoms with van der Waals surface area (Å²) in [7, 11) is -3.79. The van der Waals surface area contributed by atoms with Gasteiger partial charge in [-0.05, 0) is 32.4 Å². The first-order valence-electron chi connectivity index (χ1n) is 5.30. The molecule has 0 rings (SSSR count). The lowest BCUT2D eigenvalue weighted by molar-refractivity contribution is 0.132. The van der Waals surface area contributed by atoms with Gasteiger partial charge in [0.1, 0.15) is 0 Å². The molecule has 6 heteroatoms. The first kappa shape index (κ1) is 14.8. The van der Waals surface area contributed by atoms with Crippen LogP contribution in [0.2, 0.25) is 0 Å². The summed E-state index contributed by atoms with van der Waals surface area (Å²) in [6.45, 7) is 5.01. The maximum atomic E-state index is 10.3. The van der Waals surface area contributed by atoms with Crippen LogP contribution in [0.5, 0.6) is 0 Å². The largest absolute Gasteiger partial charge is 0.381 e. The molecule has 5 nitrogen and oxygen atoms in total. The first-order valence-corrected chi connectivity index (χ1v) is 6.91. The lowest BCUT2D eigenvalue weighted by atomic mass is 10.4. The molecule has 0 fully saturated rings. The van der Waals surface area contributed by atoms with Crippen molar-refractivity contribution in [1.29, 1.82) is 0 Å². The fourth-order valence-corrected chi connectivity index (χ4v) is 1.56. The molecule has 0 aliphatic heterocycles. The molecule has 0 aliphatic rings. The molecule has 0 radical (unpaired) electrons. The Morgan fingerprint density at radius 3 is 2.47 bits per heavy atom. The lowest BCUT2D eigenvalue weighted by Crippen LogP contribution is -2.20. The number of rotatable bonds is 10. The average molecular weight is 239 g/mol. The van der Waals surface area contributed by atoms with E-state index in [0.29, 0.717) is 13.0 Å². The molecule has 0 unspecified atom stereocenters. The van der Waals surface area contributed by atoms with Crippen molar-refractivity contribution in [3.63, 3.8) is 0 Å². The highest BCUT2D eigenvalue weighted by atomic mass is 32.2. The normalized spacial score (nSPS) is 11.9. The first-order chi connectivity index (χ1) is 7.06. The predicted molar refractivity (Wildman–Crippen MR) is 59.6 cm³/mol. The molecule has 0 heterocycles. The highest BCUT2D eigenvalue weighted by Crippen LogP contribution is 1.87. The van der Waals surface area contributed by atoms with E-state index in [1.807, 2.05) is 0 Å². The summed E-state index contributed by atoms with van der Waals surface area (Å²) in [5.41, 5.74) is 0. The van der Waals surface area contributed by atoms with Crippen molar-refractivity contribution in [3.8, 4) is 0 Å². The summed E-state index contributed by atoms with van der Waals surface area (Å²) >= 11 is 0. The minimum atomic E-state index is -3.79. The van der Waals surface area contributed by atoms with Gasteiger partial charge in [0.15, 0.2) is 0 Å². The van der Waals surface area contributed by atoms with E-state index in [9.17, 15) is 8.42 Å². The highest BCUT2D eigenvalue weighted by molar-refractivity contribution is 7.85. The van der Waals surface area contributed by atoms with Crippen molar-refractivity contribution in [3.05, 3.63) is 0 Å². The van der Waals surface area contributed by atoms with Gasteiger partial charge in [-0.2, -0.15) is 8.42 Å². The maximum Gasteiger partial charge on any atom is 0.264 e. The smallest absolute Gasteiger partial charge is 0.264 e. The fraction of sp³-hybridized carbons (Fsp3) is 1.00. The quantitative estimate of drug-likeness (QED) is 0.433. The van der Waals surface area contributed by atoms with Crippen molar-refractivity contribution in [2.75, 3.05) is 32.1 Å². The monoisotopic (exact) mass is 239 g/mol. The van der Waals surface area contributed by atoms with Crippen LogP contribution in [0.1, 0.15) is 26.2 Å². The molecular formula is C9H21NO4S. The molecule has 0 aromatic carbocycles. The van der Waals surface area contributed by atoms with E-state index in [2.05, 4.69) is 12.2 Å². The molecule has 0 bridgehead atoms. The zero-order valence-corrected chi connectivity index (χ0v) is 10.1. The van der Waals surface area contributed by atoms with Crippen LogP contribution in [0, 0.1) is 0 Å². The van der Waals surface area contributed by atoms with Crippen molar-refractivity contribution >= 4 is 10.1 Å². The molecule has 0 aromatic heterocycles. The SMILES string of the molecule is CCCOCCCNCCCS(=O)(=O)O. The molecule has 0 atom stereocenters. The standard InChI is InChI=1S/C9H21NO4S/c1-2-7-14-8-3-5-10-6-4-9-15(11,12)13/h10H,2-9H2,1H3,(H,11,12,13). The van der Waals surface area contributed by atoms with Gasteiger partial charge in [0.05, 0.1) is 5.75 Å². The Bertz CT molecular complexity index is 228. The van der Waals surface area contributed by atoms with Gasteiger partial charge in [-0.3, -0.25) is 4.55 Å². The van der Waals surface area contributed by atoms with Crippen LogP contribution in [-0.2, 0) is 14.9 Å². The third-order valence-electron chi connectivity index (χ3n) is 1.75. The van der Waals surface area contributed by atoms with E-state index >= 15 is 0 Å². The zero-order valence-electron chi connectivity index (χ0n) is 9.24. The van der Waals surface area contributed by atoms with Gasteiger partial charge in [-0.15, -0.1) is 0 Å². The van der Waals surface area contributed by atoms with Gasteiger partial charge in [-0.25, -0.2) is 0 Å². The number of ether oxygens (including phenoxy) is 1. The lowest BCUT2D eigenvalue weighted by Gasteiger charge is -2.04. The van der Waals surface area contributed by atoms with E-state index in [1.165, 1.54) is 0 Å². The Labute approximate surface area is 92.0 Å². The van der Waals surface area contributed by atoms with Crippen LogP contribution < -0.4 is 5.32 Å². The highest BCUT2D eigenvalue weighted by Gasteiger charge is 2.02. The van der Waals surface area contributed by atoms with Crippen molar-refractivity contribution in [2.24, 2.45) is 0 Å². The molecule has 92 valence electrons. The van der Waals surface area contributed by atoms with Crippen molar-refractivity contribution in [2.45, 2.75) is 26.2 Å². The average Bonchev–Trinajstić information content (AvgIpc) is 2.14. The summed E-state index contributed by atoms with van der Waals surface area (Å²) in [4.78, 5) is 0. The van der Waals surface area contributed by atoms with E-state index < -0.39 is 10.1 Å². The van der Waals surface area contributed by atoms with Gasteiger partial charge in [-0.1, -0.05) is 6.92 Å². The van der Waals surface area contributed by atoms with Gasteiger partial charge >= 0.3 is 0 Å². The molecule has 0 saturated carbocycles. The second-order valence-corrected chi connectivity index (χ2v) is 4.93. The second kappa shape index (κ2) is 9.08. The Morgan fingerprint density at radius 1 is 1.20 bits per heavy atom. The summed E-state index contributed by atoms with van der Waals surface area (Å²) < 4.78 is 34.4. The number of hydrogen-bond donors (Lipinski definition) is 2. The molecule has 0 aromatic rings. The minimum absolute atomic E-state index is 0.174. The van der Waals surface area contributed by atoms with Gasteiger partial charge in [0.25, 0.3) is 10.1 Å². The Morgan fingerprint density at radius 2 is 1.87 bits per heavy atom. The van der Waals surface area contributed by atoms with Crippen molar-refractivity contribution < 1.29 is 17.7 Å². The van der Waals surface area contributed by atoms with Gasteiger partial charge in [0, 0.05) is 13.2 Å². The zero-order chi connectivity index (χ0) is 11.6. The van der Waals surface area contributed by atoms with E-state index in [0.717, 1.165) is 32.6 Å². The predicted octanol–water partition coefficient (Wildman–Crippen LogP) is 0.671. The van der Waals surface area contributed by atoms with Crippen LogP contribution in [0.4, 0.5) is 0 Å². The molecular weight excluding hydrogens is 218 g/mol. The number of hydrogen-bond acceptors (Lipinski definition) is 4. The van der Waals surface area contributed by atoms with Crippen LogP contribution in [0.25, 0.3) is 0 Å². The summed E-state index contributed by atoms with van der Waals surface area (Å²) in [6.07, 6.45) is 2.39. The topological polar surface area (TPSA) is 75.6 Å². The van der Waals surface area contributed by atoms with Crippen molar-refractivity contribution in [1.82, 2.24) is 5.32 Å². The summed E-state index contributed by atoms with van der Waals surface area (Å²) in [5, 5.41) is 3.08. The summed E-state index contributed by atoms with van der Waals surface area (Å²) in [6, 6.07) is 0. The summed E-state index contributed by atoms with van der Waals surface area (Å²) in [5.74, 6) is -0.174. The Hall–Kier alpha value is -0.170. The van der Waals surface area contributed by atoms with E-state index in [1.54, 1.807) is 0 Å². The Balaban J connectivity index is 3.06. The molecule has 0 amide bonds. The maximum absolute atomic E-state index is 10.3. The van der Waals surface area contributed by atoms with Gasteiger partial charge in [0.2, 0.25) is 0 Å². The van der Waals surface area contributed by atoms with Crippen LogP contribution in [0.3, 0.4) is 0 Å². The molecule has 0 spiro atoms. The molecule has 15 heavy (non-hydrogen) atoms. The van der Waals surface area contributed by atoms with Crippen LogP contribution in [-0.4, -0.2) is 45.0 Å². The molecule has 0 aliphatic carbocycles. The number of nitrogens with one attached hydrogen (secondary N) is 1.